The highest BCUT2D eigenvalue weighted by molar-refractivity contribution is 9.10. The molecule has 0 fully saturated rings. The Morgan fingerprint density at radius 2 is 2.17 bits per heavy atom. The highest BCUT2D eigenvalue weighted by atomic mass is 79.9. The van der Waals surface area contributed by atoms with Crippen molar-refractivity contribution >= 4 is 27.5 Å². The summed E-state index contributed by atoms with van der Waals surface area (Å²) in [7, 11) is 0. The second-order valence-electron chi connectivity index (χ2n) is 4.99. The maximum Gasteiger partial charge on any atom is 0.573 e. The quantitative estimate of drug-likeness (QED) is 0.852. The maximum absolute atomic E-state index is 12.6. The van der Waals surface area contributed by atoms with Crippen molar-refractivity contribution < 1.29 is 22.7 Å². The predicted octanol–water partition coefficient (Wildman–Crippen LogP) is 3.66. The number of rotatable bonds is 2. The zero-order valence-corrected chi connectivity index (χ0v) is 13.2. The first-order valence-corrected chi connectivity index (χ1v) is 7.54. The summed E-state index contributed by atoms with van der Waals surface area (Å²) in [6.07, 6.45) is -1.75. The fraction of sp³-hybridized carbons (Fsp3) is 0.286. The second kappa shape index (κ2) is 5.88. The van der Waals surface area contributed by atoms with Crippen LogP contribution in [0.3, 0.4) is 0 Å². The van der Waals surface area contributed by atoms with Crippen molar-refractivity contribution in [3.63, 3.8) is 0 Å². The molecule has 0 spiro atoms. The summed E-state index contributed by atoms with van der Waals surface area (Å²) in [5.41, 5.74) is 1.61. The first kappa shape index (κ1) is 15.9. The number of benzene rings is 1. The van der Waals surface area contributed by atoms with Gasteiger partial charge in [-0.2, -0.15) is 5.10 Å². The summed E-state index contributed by atoms with van der Waals surface area (Å²) < 4.78 is 41.3. The Balaban J connectivity index is 1.91. The molecule has 0 saturated carbocycles. The van der Waals surface area contributed by atoms with E-state index < -0.39 is 18.0 Å². The fourth-order valence-corrected chi connectivity index (χ4v) is 2.79. The average Bonchev–Trinajstić information content (AvgIpc) is 2.95. The number of hydrogen-bond acceptors (Lipinski definition) is 3. The number of fused-ring (bicyclic) bond motifs is 1. The van der Waals surface area contributed by atoms with Gasteiger partial charge in [0.2, 0.25) is 0 Å². The Morgan fingerprint density at radius 1 is 1.39 bits per heavy atom. The van der Waals surface area contributed by atoms with Gasteiger partial charge in [0, 0.05) is 12.1 Å². The van der Waals surface area contributed by atoms with E-state index in [0.717, 1.165) is 24.6 Å². The van der Waals surface area contributed by atoms with Gasteiger partial charge in [-0.25, -0.2) is 0 Å². The molecule has 1 aliphatic rings. The van der Waals surface area contributed by atoms with E-state index in [0.29, 0.717) is 12.2 Å². The molecule has 1 N–H and O–H groups in total. The zero-order chi connectivity index (χ0) is 16.6. The summed E-state index contributed by atoms with van der Waals surface area (Å²) in [5.74, 6) is -0.848. The number of aromatic amines is 1. The van der Waals surface area contributed by atoms with Gasteiger partial charge in [-0.05, 0) is 47.0 Å². The van der Waals surface area contributed by atoms with Gasteiger partial charge < -0.3 is 9.64 Å². The van der Waals surface area contributed by atoms with Gasteiger partial charge in [-0.3, -0.25) is 9.89 Å². The number of carbonyl (C=O) groups excluding carboxylic acids is 1. The Labute approximate surface area is 137 Å². The number of anilines is 1. The minimum atomic E-state index is -4.83. The molecular weight excluding hydrogens is 379 g/mol. The monoisotopic (exact) mass is 389 g/mol. The van der Waals surface area contributed by atoms with Crippen LogP contribution in [0, 0.1) is 0 Å². The van der Waals surface area contributed by atoms with E-state index >= 15 is 0 Å². The molecule has 23 heavy (non-hydrogen) atoms. The third kappa shape index (κ3) is 3.34. The number of nitrogens with zero attached hydrogens (tertiary/aromatic N) is 2. The molecule has 0 unspecified atom stereocenters. The Morgan fingerprint density at radius 3 is 2.91 bits per heavy atom. The number of carbonyl (C=O) groups is 1. The van der Waals surface area contributed by atoms with Crippen molar-refractivity contribution in [2.75, 3.05) is 11.4 Å². The summed E-state index contributed by atoms with van der Waals surface area (Å²) in [4.78, 5) is 14.1. The summed E-state index contributed by atoms with van der Waals surface area (Å²) in [6, 6.07) is 3.88. The first-order chi connectivity index (χ1) is 10.8. The molecule has 1 aromatic carbocycles. The predicted molar refractivity (Wildman–Crippen MR) is 79.4 cm³/mol. The molecule has 0 atom stereocenters. The lowest BCUT2D eigenvalue weighted by atomic mass is 10.1. The van der Waals surface area contributed by atoms with Crippen molar-refractivity contribution in [1.82, 2.24) is 10.2 Å². The van der Waals surface area contributed by atoms with Crippen molar-refractivity contribution in [3.05, 3.63) is 40.1 Å². The van der Waals surface area contributed by atoms with Gasteiger partial charge >= 0.3 is 6.36 Å². The van der Waals surface area contributed by atoms with E-state index in [1.807, 2.05) is 0 Å². The van der Waals surface area contributed by atoms with Gasteiger partial charge in [0.15, 0.2) is 0 Å². The molecule has 1 amide bonds. The molecule has 0 radical (unpaired) electrons. The van der Waals surface area contributed by atoms with Crippen molar-refractivity contribution in [1.29, 1.82) is 0 Å². The van der Waals surface area contributed by atoms with E-state index in [4.69, 9.17) is 0 Å². The molecule has 1 aliphatic heterocycles. The molecular formula is C14H11BrF3N3O2. The number of amides is 1. The normalized spacial score (nSPS) is 14.5. The molecule has 9 heteroatoms. The van der Waals surface area contributed by atoms with Crippen molar-refractivity contribution in [3.8, 4) is 5.75 Å². The molecule has 2 heterocycles. The molecule has 0 aliphatic carbocycles. The van der Waals surface area contributed by atoms with Gasteiger partial charge in [-0.1, -0.05) is 0 Å². The minimum absolute atomic E-state index is 0.113. The van der Waals surface area contributed by atoms with Crippen molar-refractivity contribution in [2.24, 2.45) is 0 Å². The average molecular weight is 390 g/mol. The van der Waals surface area contributed by atoms with E-state index in [9.17, 15) is 18.0 Å². The van der Waals surface area contributed by atoms with E-state index in [1.54, 1.807) is 6.20 Å². The summed E-state index contributed by atoms with van der Waals surface area (Å²) in [5, 5.41) is 6.73. The standard InChI is InChI=1S/C14H11BrF3N3O2/c15-9-4-3-8(6-12(9)23-14(16,17)18)13(22)21-5-1-2-10-11(21)7-19-20-10/h3-4,6-7H,1-2,5H2,(H,19,20). The number of alkyl halides is 3. The largest absolute Gasteiger partial charge is 0.573 e. The number of ether oxygens (including phenoxy) is 1. The third-order valence-corrected chi connectivity index (χ3v) is 4.10. The Hall–Kier alpha value is -2.03. The van der Waals surface area contributed by atoms with Crippen LogP contribution in [0.25, 0.3) is 0 Å². The molecule has 2 aromatic rings. The fourth-order valence-electron chi connectivity index (χ4n) is 2.46. The lowest BCUT2D eigenvalue weighted by Crippen LogP contribution is -2.35. The van der Waals surface area contributed by atoms with Gasteiger partial charge in [0.1, 0.15) is 5.75 Å². The number of aromatic nitrogens is 2. The second-order valence-corrected chi connectivity index (χ2v) is 5.84. The number of nitrogens with one attached hydrogen (secondary N) is 1. The van der Waals surface area contributed by atoms with Crippen LogP contribution >= 0.6 is 15.9 Å². The summed E-state index contributed by atoms with van der Waals surface area (Å²) >= 11 is 2.98. The van der Waals surface area contributed by atoms with Gasteiger partial charge in [0.05, 0.1) is 22.1 Å². The number of aryl methyl sites for hydroxylation is 1. The number of H-pyrrole nitrogens is 1. The minimum Gasteiger partial charge on any atom is -0.405 e. The molecule has 3 rings (SSSR count). The lowest BCUT2D eigenvalue weighted by Gasteiger charge is -2.26. The Kier molecular flexibility index (Phi) is 4.05. The van der Waals surface area contributed by atoms with Crippen LogP contribution in [0.2, 0.25) is 0 Å². The zero-order valence-electron chi connectivity index (χ0n) is 11.7. The van der Waals surface area contributed by atoms with Crippen LogP contribution in [-0.2, 0) is 6.42 Å². The van der Waals surface area contributed by atoms with Crippen molar-refractivity contribution in [2.45, 2.75) is 19.2 Å². The molecule has 0 bridgehead atoms. The third-order valence-electron chi connectivity index (χ3n) is 3.44. The van der Waals surface area contributed by atoms with Crippen LogP contribution in [0.5, 0.6) is 5.75 Å². The molecule has 0 saturated heterocycles. The maximum atomic E-state index is 12.6. The summed E-state index contributed by atoms with van der Waals surface area (Å²) in [6.45, 7) is 0.483. The van der Waals surface area contributed by atoms with Gasteiger partial charge in [-0.15, -0.1) is 13.2 Å². The van der Waals surface area contributed by atoms with E-state index in [2.05, 4.69) is 30.9 Å². The van der Waals surface area contributed by atoms with Crippen LogP contribution in [0.15, 0.2) is 28.9 Å². The van der Waals surface area contributed by atoms with Crippen LogP contribution in [0.1, 0.15) is 22.5 Å². The van der Waals surface area contributed by atoms with Gasteiger partial charge in [0.25, 0.3) is 5.91 Å². The van der Waals surface area contributed by atoms with E-state index in [1.165, 1.54) is 17.0 Å². The van der Waals surface area contributed by atoms with E-state index in [-0.39, 0.29) is 10.0 Å². The molecule has 1 aromatic heterocycles. The first-order valence-electron chi connectivity index (χ1n) is 6.74. The van der Waals surface area contributed by atoms with Crippen LogP contribution in [-0.4, -0.2) is 29.0 Å². The number of halogens is 4. The van der Waals surface area contributed by atoms with Crippen LogP contribution < -0.4 is 9.64 Å². The molecule has 122 valence electrons. The number of hydrogen-bond donors (Lipinski definition) is 1. The van der Waals surface area contributed by atoms with Crippen LogP contribution in [0.4, 0.5) is 18.9 Å². The highest BCUT2D eigenvalue weighted by Crippen LogP contribution is 2.33. The SMILES string of the molecule is O=C(c1ccc(Br)c(OC(F)(F)F)c1)N1CCCc2[nH]ncc21. The smallest absolute Gasteiger partial charge is 0.405 e. The topological polar surface area (TPSA) is 58.2 Å². The highest BCUT2D eigenvalue weighted by Gasteiger charge is 2.33. The molecule has 5 nitrogen and oxygen atoms in total. The Bertz CT molecular complexity index is 745. The lowest BCUT2D eigenvalue weighted by molar-refractivity contribution is -0.274.